The van der Waals surface area contributed by atoms with Crippen molar-refractivity contribution in [2.24, 2.45) is 7.05 Å². The molecule has 2 aromatic heterocycles. The van der Waals surface area contributed by atoms with Crippen LogP contribution in [0.2, 0.25) is 0 Å². The Morgan fingerprint density at radius 1 is 1.18 bits per heavy atom. The first-order valence-electron chi connectivity index (χ1n) is 6.99. The fraction of sp³-hybridized carbons (Fsp3) is 0.167. The highest BCUT2D eigenvalue weighted by Crippen LogP contribution is 2.24. The van der Waals surface area contributed by atoms with Crippen molar-refractivity contribution in [2.45, 2.75) is 13.3 Å². The van der Waals surface area contributed by atoms with Crippen molar-refractivity contribution in [1.82, 2.24) is 14.8 Å². The lowest BCUT2D eigenvalue weighted by Gasteiger charge is -2.03. The smallest absolute Gasteiger partial charge is 0.211 e. The minimum absolute atomic E-state index is 0.113. The van der Waals surface area contributed by atoms with Gasteiger partial charge in [-0.1, -0.05) is 18.1 Å². The molecule has 0 aliphatic rings. The van der Waals surface area contributed by atoms with Gasteiger partial charge in [0.1, 0.15) is 0 Å². The number of rotatable bonds is 3. The summed E-state index contributed by atoms with van der Waals surface area (Å²) in [5, 5.41) is 6.30. The Kier molecular flexibility index (Phi) is 3.71. The van der Waals surface area contributed by atoms with Crippen LogP contribution in [0.1, 0.15) is 12.6 Å². The molecule has 0 radical (unpaired) electrons. The number of carbonyl (C=O) groups excluding carboxylic acids is 1. The lowest BCUT2D eigenvalue weighted by molar-refractivity contribution is -0.113. The van der Waals surface area contributed by atoms with E-state index in [1.54, 1.807) is 17.8 Å². The van der Waals surface area contributed by atoms with Crippen LogP contribution >= 0.6 is 0 Å². The molecule has 0 spiro atoms. The van der Waals surface area contributed by atoms with E-state index in [1.165, 1.54) is 0 Å². The summed E-state index contributed by atoms with van der Waals surface area (Å²) in [5.74, 6) is 5.05. The zero-order chi connectivity index (χ0) is 15.5. The monoisotopic (exact) mass is 289 g/mol. The topological polar surface area (TPSA) is 47.8 Å². The lowest BCUT2D eigenvalue weighted by atomic mass is 10.0. The maximum absolute atomic E-state index is 11.6. The molecule has 4 heteroatoms. The van der Waals surface area contributed by atoms with Crippen molar-refractivity contribution < 1.29 is 4.79 Å². The molecule has 108 valence electrons. The summed E-state index contributed by atoms with van der Waals surface area (Å²) < 4.78 is 1.78. The number of hydrogen-bond acceptors (Lipinski definition) is 3. The van der Waals surface area contributed by atoms with Crippen molar-refractivity contribution in [1.29, 1.82) is 0 Å². The highest BCUT2D eigenvalue weighted by molar-refractivity contribution is 5.97. The molecule has 3 rings (SSSR count). The molecule has 0 N–H and O–H groups in total. The Bertz CT molecular complexity index is 913. The van der Waals surface area contributed by atoms with Crippen molar-refractivity contribution in [2.75, 3.05) is 0 Å². The summed E-state index contributed by atoms with van der Waals surface area (Å²) in [4.78, 5) is 15.9. The molecule has 0 saturated carbocycles. The number of Topliss-reactive ketones (excluding diaryl/α,β-unsaturated/α-hetero) is 1. The minimum Gasteiger partial charge on any atom is -0.284 e. The summed E-state index contributed by atoms with van der Waals surface area (Å²) in [5.41, 5.74) is 2.90. The molecule has 0 aliphatic heterocycles. The van der Waals surface area contributed by atoms with Gasteiger partial charge in [0.2, 0.25) is 5.78 Å². The van der Waals surface area contributed by atoms with Gasteiger partial charge in [-0.25, -0.2) is 0 Å². The van der Waals surface area contributed by atoms with E-state index in [1.807, 2.05) is 31.6 Å². The molecule has 0 fully saturated rings. The number of carbonyl (C=O) groups is 1. The Morgan fingerprint density at radius 2 is 2.05 bits per heavy atom. The minimum atomic E-state index is -0.113. The molecule has 4 nitrogen and oxygen atoms in total. The number of fused-ring (bicyclic) bond motifs is 1. The molecule has 0 aliphatic carbocycles. The summed E-state index contributed by atoms with van der Waals surface area (Å²) in [7, 11) is 1.90. The first-order chi connectivity index (χ1) is 10.7. The number of benzene rings is 1. The van der Waals surface area contributed by atoms with Gasteiger partial charge in [-0.3, -0.25) is 14.5 Å². The van der Waals surface area contributed by atoms with Gasteiger partial charge >= 0.3 is 0 Å². The fourth-order valence-corrected chi connectivity index (χ4v) is 2.38. The molecule has 0 saturated heterocycles. The number of aryl methyl sites for hydroxylation is 1. The van der Waals surface area contributed by atoms with Gasteiger partial charge in [-0.2, -0.15) is 5.10 Å². The molecule has 0 unspecified atom stereocenters. The van der Waals surface area contributed by atoms with E-state index in [-0.39, 0.29) is 12.2 Å². The van der Waals surface area contributed by atoms with Crippen molar-refractivity contribution >= 4 is 16.6 Å². The van der Waals surface area contributed by atoms with Crippen molar-refractivity contribution in [3.8, 4) is 23.0 Å². The zero-order valence-corrected chi connectivity index (χ0v) is 12.5. The average molecular weight is 289 g/mol. The Labute approximate surface area is 128 Å². The van der Waals surface area contributed by atoms with E-state index < -0.39 is 0 Å². The normalized spacial score (nSPS) is 10.3. The van der Waals surface area contributed by atoms with Gasteiger partial charge in [0.05, 0.1) is 12.6 Å². The van der Waals surface area contributed by atoms with Crippen molar-refractivity contribution in [3.05, 3.63) is 48.5 Å². The van der Waals surface area contributed by atoms with Crippen LogP contribution in [0.5, 0.6) is 0 Å². The largest absolute Gasteiger partial charge is 0.284 e. The standard InChI is InChI=1S/C18H15N3O/c1-3-4-18(22)9-17-8-15-7-13(5-6-14(15)10-19-17)16-11-20-21(2)12-16/h5-8,10-12H,9H2,1-2H3. The van der Waals surface area contributed by atoms with Gasteiger partial charge in [-0.15, -0.1) is 0 Å². The van der Waals surface area contributed by atoms with E-state index in [0.29, 0.717) is 0 Å². The molecule has 0 bridgehead atoms. The summed E-state index contributed by atoms with van der Waals surface area (Å²) >= 11 is 0. The second-order valence-electron chi connectivity index (χ2n) is 5.12. The fourth-order valence-electron chi connectivity index (χ4n) is 2.38. The van der Waals surface area contributed by atoms with Crippen LogP contribution in [0.15, 0.2) is 42.9 Å². The maximum atomic E-state index is 11.6. The molecular weight excluding hydrogens is 274 g/mol. The van der Waals surface area contributed by atoms with Crippen molar-refractivity contribution in [3.63, 3.8) is 0 Å². The zero-order valence-electron chi connectivity index (χ0n) is 12.5. The first kappa shape index (κ1) is 14.0. The van der Waals surface area contributed by atoms with Crippen LogP contribution in [-0.2, 0) is 18.3 Å². The van der Waals surface area contributed by atoms with E-state index in [0.717, 1.165) is 27.6 Å². The van der Waals surface area contributed by atoms with E-state index in [2.05, 4.69) is 34.1 Å². The van der Waals surface area contributed by atoms with Crippen LogP contribution in [0, 0.1) is 11.8 Å². The highest BCUT2D eigenvalue weighted by Gasteiger charge is 2.06. The predicted molar refractivity (Wildman–Crippen MR) is 86.1 cm³/mol. The SMILES string of the molecule is CC#CC(=O)Cc1cc2cc(-c3cnn(C)c3)ccc2cn1. The van der Waals surface area contributed by atoms with Gasteiger partial charge in [0, 0.05) is 36.1 Å². The van der Waals surface area contributed by atoms with Crippen LogP contribution < -0.4 is 0 Å². The van der Waals surface area contributed by atoms with Crippen LogP contribution in [0.4, 0.5) is 0 Å². The molecule has 1 aromatic carbocycles. The molecule has 0 amide bonds. The Hall–Kier alpha value is -2.93. The summed E-state index contributed by atoms with van der Waals surface area (Å²) in [6.45, 7) is 1.66. The number of hydrogen-bond donors (Lipinski definition) is 0. The first-order valence-corrected chi connectivity index (χ1v) is 6.99. The molecule has 0 atom stereocenters. The molecular formula is C18H15N3O. The van der Waals surface area contributed by atoms with Gasteiger partial charge in [0.25, 0.3) is 0 Å². The van der Waals surface area contributed by atoms with Crippen LogP contribution in [-0.4, -0.2) is 20.5 Å². The number of nitrogens with zero attached hydrogens (tertiary/aromatic N) is 3. The molecule has 2 heterocycles. The van der Waals surface area contributed by atoms with Crippen LogP contribution in [0.3, 0.4) is 0 Å². The Morgan fingerprint density at radius 3 is 2.77 bits per heavy atom. The highest BCUT2D eigenvalue weighted by atomic mass is 16.1. The van der Waals surface area contributed by atoms with Crippen LogP contribution in [0.25, 0.3) is 21.9 Å². The second kappa shape index (κ2) is 5.82. The molecule has 3 aromatic rings. The van der Waals surface area contributed by atoms with E-state index >= 15 is 0 Å². The third-order valence-corrected chi connectivity index (χ3v) is 3.42. The number of ketones is 1. The number of aromatic nitrogens is 3. The van der Waals surface area contributed by atoms with E-state index in [9.17, 15) is 4.79 Å². The third-order valence-electron chi connectivity index (χ3n) is 3.42. The quantitative estimate of drug-likeness (QED) is 0.550. The summed E-state index contributed by atoms with van der Waals surface area (Å²) in [6.07, 6.45) is 5.85. The third kappa shape index (κ3) is 2.89. The average Bonchev–Trinajstić information content (AvgIpc) is 2.93. The summed E-state index contributed by atoms with van der Waals surface area (Å²) in [6, 6.07) is 8.12. The second-order valence-corrected chi connectivity index (χ2v) is 5.12. The van der Waals surface area contributed by atoms with E-state index in [4.69, 9.17) is 0 Å². The lowest BCUT2D eigenvalue weighted by Crippen LogP contribution is -2.01. The van der Waals surface area contributed by atoms with Gasteiger partial charge < -0.3 is 0 Å². The number of pyridine rings is 1. The van der Waals surface area contributed by atoms with Gasteiger partial charge in [-0.05, 0) is 35.9 Å². The Balaban J connectivity index is 1.98. The van der Waals surface area contributed by atoms with Gasteiger partial charge in [0.15, 0.2) is 0 Å². The maximum Gasteiger partial charge on any atom is 0.211 e. The molecule has 22 heavy (non-hydrogen) atoms. The predicted octanol–water partition coefficient (Wildman–Crippen LogP) is 2.77.